The molecule has 144 valence electrons. The molecular weight excluding hydrogens is 317 g/mol. The summed E-state index contributed by atoms with van der Waals surface area (Å²) < 4.78 is 47.0. The van der Waals surface area contributed by atoms with Gasteiger partial charge in [0.05, 0.1) is 12.7 Å². The first-order valence-corrected chi connectivity index (χ1v) is 9.84. The second kappa shape index (κ2) is 13.9. The van der Waals surface area contributed by atoms with E-state index in [2.05, 4.69) is 0 Å². The van der Waals surface area contributed by atoms with Crippen molar-refractivity contribution in [3.8, 4) is 0 Å². The summed E-state index contributed by atoms with van der Waals surface area (Å²) in [6.45, 7) is 2.49. The number of hydrogen-bond acceptors (Lipinski definition) is 2. The maximum atomic E-state index is 12.0. The highest BCUT2D eigenvalue weighted by Gasteiger charge is 2.25. The third-order valence-corrected chi connectivity index (χ3v) is 4.58. The zero-order valence-electron chi connectivity index (χ0n) is 15.0. The molecule has 0 aliphatic carbocycles. The van der Waals surface area contributed by atoms with Crippen molar-refractivity contribution in [3.63, 3.8) is 0 Å². The number of unbranched alkanes of at least 4 members (excludes halogenated alkanes) is 10. The molecule has 0 bridgehead atoms. The molecule has 1 saturated heterocycles. The summed E-state index contributed by atoms with van der Waals surface area (Å²) in [7, 11) is 0. The van der Waals surface area contributed by atoms with E-state index in [0.29, 0.717) is 18.9 Å². The molecule has 0 amide bonds. The lowest BCUT2D eigenvalue weighted by molar-refractivity contribution is -0.135. The van der Waals surface area contributed by atoms with Gasteiger partial charge in [-0.2, -0.15) is 13.2 Å². The molecule has 0 N–H and O–H groups in total. The molecule has 1 aliphatic rings. The fourth-order valence-electron chi connectivity index (χ4n) is 3.11. The van der Waals surface area contributed by atoms with Crippen LogP contribution in [0.15, 0.2) is 0 Å². The molecule has 0 aromatic carbocycles. The van der Waals surface area contributed by atoms with Crippen LogP contribution in [0.1, 0.15) is 89.9 Å². The Balaban J connectivity index is 1.67. The van der Waals surface area contributed by atoms with E-state index in [-0.39, 0.29) is 0 Å². The predicted octanol–water partition coefficient (Wildman–Crippen LogP) is 6.43. The van der Waals surface area contributed by atoms with E-state index in [1.165, 1.54) is 38.5 Å². The molecule has 0 aromatic heterocycles. The van der Waals surface area contributed by atoms with Crippen LogP contribution >= 0.6 is 0 Å². The Hall–Kier alpha value is -0.290. The second-order valence-corrected chi connectivity index (χ2v) is 6.96. The average Bonchev–Trinajstić information content (AvgIpc) is 3.03. The van der Waals surface area contributed by atoms with Crippen molar-refractivity contribution < 1.29 is 22.6 Å². The van der Waals surface area contributed by atoms with E-state index in [1.54, 1.807) is 0 Å². The van der Waals surface area contributed by atoms with Crippen molar-refractivity contribution in [2.45, 2.75) is 102 Å². The molecule has 1 rings (SSSR count). The van der Waals surface area contributed by atoms with Crippen molar-refractivity contribution in [2.75, 3.05) is 19.8 Å². The topological polar surface area (TPSA) is 18.5 Å². The molecule has 1 fully saturated rings. The van der Waals surface area contributed by atoms with Crippen LogP contribution in [0.4, 0.5) is 13.2 Å². The molecule has 0 saturated carbocycles. The molecule has 1 heterocycles. The second-order valence-electron chi connectivity index (χ2n) is 6.96. The van der Waals surface area contributed by atoms with Crippen molar-refractivity contribution in [1.82, 2.24) is 0 Å². The van der Waals surface area contributed by atoms with Gasteiger partial charge in [0.25, 0.3) is 0 Å². The Morgan fingerprint density at radius 3 is 1.83 bits per heavy atom. The van der Waals surface area contributed by atoms with Crippen molar-refractivity contribution >= 4 is 0 Å². The summed E-state index contributed by atoms with van der Waals surface area (Å²) in [6, 6.07) is 0. The molecule has 1 aliphatic heterocycles. The van der Waals surface area contributed by atoms with Crippen molar-refractivity contribution in [3.05, 3.63) is 0 Å². The van der Waals surface area contributed by atoms with Gasteiger partial charge in [-0.25, -0.2) is 0 Å². The molecule has 5 heteroatoms. The SMILES string of the molecule is FC(F)(F)CCCCCCCCCCCCCOCC1CCCO1. The zero-order valence-corrected chi connectivity index (χ0v) is 15.0. The third kappa shape index (κ3) is 14.1. The van der Waals surface area contributed by atoms with Gasteiger partial charge < -0.3 is 9.47 Å². The smallest absolute Gasteiger partial charge is 0.379 e. The summed E-state index contributed by atoms with van der Waals surface area (Å²) in [6.07, 6.45) is 9.58. The van der Waals surface area contributed by atoms with E-state index in [9.17, 15) is 13.2 Å². The summed E-state index contributed by atoms with van der Waals surface area (Å²) in [5, 5.41) is 0. The molecule has 1 unspecified atom stereocenters. The molecular formula is C19H35F3O2. The van der Waals surface area contributed by atoms with E-state index in [1.807, 2.05) is 0 Å². The number of rotatable bonds is 15. The Morgan fingerprint density at radius 2 is 1.33 bits per heavy atom. The highest BCUT2D eigenvalue weighted by Crippen LogP contribution is 2.23. The van der Waals surface area contributed by atoms with Crippen LogP contribution < -0.4 is 0 Å². The normalized spacial score (nSPS) is 18.4. The van der Waals surface area contributed by atoms with Crippen LogP contribution in [-0.2, 0) is 9.47 Å². The minimum absolute atomic E-state index is 0.290. The standard InChI is InChI=1S/C19H35F3O2/c20-19(21,22)14-10-8-6-4-2-1-3-5-7-9-11-15-23-17-18-13-12-16-24-18/h18H,1-17H2. The summed E-state index contributed by atoms with van der Waals surface area (Å²) in [5.41, 5.74) is 0. The van der Waals surface area contributed by atoms with Gasteiger partial charge in [0.15, 0.2) is 0 Å². The Bertz CT molecular complexity index is 276. The molecule has 24 heavy (non-hydrogen) atoms. The maximum absolute atomic E-state index is 12.0. The van der Waals surface area contributed by atoms with Gasteiger partial charge in [0, 0.05) is 19.6 Å². The van der Waals surface area contributed by atoms with Gasteiger partial charge >= 0.3 is 6.18 Å². The number of hydrogen-bond donors (Lipinski definition) is 0. The Morgan fingerprint density at radius 1 is 0.792 bits per heavy atom. The largest absolute Gasteiger partial charge is 0.389 e. The van der Waals surface area contributed by atoms with Crippen LogP contribution in [0.5, 0.6) is 0 Å². The first-order valence-electron chi connectivity index (χ1n) is 9.84. The zero-order chi connectivity index (χ0) is 17.5. The highest BCUT2D eigenvalue weighted by molar-refractivity contribution is 4.63. The van der Waals surface area contributed by atoms with Gasteiger partial charge in [0.2, 0.25) is 0 Å². The van der Waals surface area contributed by atoms with Gasteiger partial charge in [0.1, 0.15) is 0 Å². The Kier molecular flexibility index (Phi) is 12.6. The van der Waals surface area contributed by atoms with Crippen LogP contribution in [-0.4, -0.2) is 32.1 Å². The minimum Gasteiger partial charge on any atom is -0.379 e. The monoisotopic (exact) mass is 352 g/mol. The number of ether oxygens (including phenoxy) is 2. The number of halogens is 3. The summed E-state index contributed by atoms with van der Waals surface area (Å²) >= 11 is 0. The van der Waals surface area contributed by atoms with E-state index in [4.69, 9.17) is 9.47 Å². The van der Waals surface area contributed by atoms with Crippen molar-refractivity contribution in [1.29, 1.82) is 0 Å². The van der Waals surface area contributed by atoms with Crippen LogP contribution in [0.2, 0.25) is 0 Å². The van der Waals surface area contributed by atoms with E-state index < -0.39 is 12.6 Å². The lowest BCUT2D eigenvalue weighted by atomic mass is 10.1. The molecule has 0 spiro atoms. The highest BCUT2D eigenvalue weighted by atomic mass is 19.4. The van der Waals surface area contributed by atoms with Crippen LogP contribution in [0.3, 0.4) is 0 Å². The lowest BCUT2D eigenvalue weighted by Crippen LogP contribution is -2.14. The summed E-state index contributed by atoms with van der Waals surface area (Å²) in [4.78, 5) is 0. The lowest BCUT2D eigenvalue weighted by Gasteiger charge is -2.09. The number of alkyl halides is 3. The fraction of sp³-hybridized carbons (Fsp3) is 1.00. The van der Waals surface area contributed by atoms with E-state index >= 15 is 0 Å². The quantitative estimate of drug-likeness (QED) is 0.316. The predicted molar refractivity (Wildman–Crippen MR) is 91.3 cm³/mol. The van der Waals surface area contributed by atoms with Gasteiger partial charge in [-0.3, -0.25) is 0 Å². The first kappa shape index (κ1) is 21.8. The first-order chi connectivity index (χ1) is 11.6. The summed E-state index contributed by atoms with van der Waals surface area (Å²) in [5.74, 6) is 0. The Labute approximate surface area is 145 Å². The maximum Gasteiger partial charge on any atom is 0.389 e. The van der Waals surface area contributed by atoms with Gasteiger partial charge in [-0.05, 0) is 25.7 Å². The molecule has 0 radical (unpaired) electrons. The van der Waals surface area contributed by atoms with Gasteiger partial charge in [-0.1, -0.05) is 57.8 Å². The average molecular weight is 352 g/mol. The van der Waals surface area contributed by atoms with Crippen LogP contribution in [0, 0.1) is 0 Å². The van der Waals surface area contributed by atoms with E-state index in [0.717, 1.165) is 51.9 Å². The molecule has 2 nitrogen and oxygen atoms in total. The van der Waals surface area contributed by atoms with Crippen molar-refractivity contribution in [2.24, 2.45) is 0 Å². The third-order valence-electron chi connectivity index (χ3n) is 4.58. The van der Waals surface area contributed by atoms with Gasteiger partial charge in [-0.15, -0.1) is 0 Å². The van der Waals surface area contributed by atoms with Crippen LogP contribution in [0.25, 0.3) is 0 Å². The molecule has 1 atom stereocenters. The fourth-order valence-corrected chi connectivity index (χ4v) is 3.11. The molecule has 0 aromatic rings. The minimum atomic E-state index is -3.98.